The first-order valence-electron chi connectivity index (χ1n) is 6.63. The van der Waals surface area contributed by atoms with Gasteiger partial charge in [0.1, 0.15) is 0 Å². The van der Waals surface area contributed by atoms with Gasteiger partial charge < -0.3 is 5.73 Å². The van der Waals surface area contributed by atoms with Gasteiger partial charge >= 0.3 is 0 Å². The van der Waals surface area contributed by atoms with Crippen LogP contribution in [0.3, 0.4) is 0 Å². The fourth-order valence-corrected chi connectivity index (χ4v) is 3.52. The van der Waals surface area contributed by atoms with Crippen molar-refractivity contribution in [2.75, 3.05) is 5.73 Å². The van der Waals surface area contributed by atoms with E-state index in [2.05, 4.69) is 4.98 Å². The number of halogens is 4. The van der Waals surface area contributed by atoms with Gasteiger partial charge in [-0.1, -0.05) is 58.5 Å². The van der Waals surface area contributed by atoms with Crippen LogP contribution in [0.2, 0.25) is 20.1 Å². The minimum Gasteiger partial charge on any atom is -0.397 e. The number of nitrogen functional groups attached to an aromatic ring is 1. The molecule has 0 fully saturated rings. The van der Waals surface area contributed by atoms with E-state index in [0.717, 1.165) is 5.56 Å². The zero-order valence-corrected chi connectivity index (χ0v) is 14.7. The molecule has 0 aliphatic heterocycles. The quantitative estimate of drug-likeness (QED) is 0.540. The van der Waals surface area contributed by atoms with Crippen LogP contribution in [0.4, 0.5) is 5.69 Å². The van der Waals surface area contributed by atoms with E-state index in [1.807, 2.05) is 0 Å². The molecule has 3 aromatic rings. The molecule has 0 unspecified atom stereocenters. The van der Waals surface area contributed by atoms with E-state index in [0.29, 0.717) is 42.6 Å². The third-order valence-corrected chi connectivity index (χ3v) is 4.63. The van der Waals surface area contributed by atoms with Gasteiger partial charge in [0.25, 0.3) is 0 Å². The Morgan fingerprint density at radius 1 is 0.739 bits per heavy atom. The molecule has 0 saturated heterocycles. The highest BCUT2D eigenvalue weighted by atomic mass is 35.5. The van der Waals surface area contributed by atoms with Crippen LogP contribution in [-0.2, 0) is 0 Å². The zero-order chi connectivity index (χ0) is 16.6. The van der Waals surface area contributed by atoms with Crippen molar-refractivity contribution >= 4 is 52.1 Å². The topological polar surface area (TPSA) is 38.9 Å². The fourth-order valence-electron chi connectivity index (χ4n) is 2.33. The van der Waals surface area contributed by atoms with Gasteiger partial charge in [-0.15, -0.1) is 0 Å². The molecule has 0 amide bonds. The number of aromatic nitrogens is 1. The molecule has 1 heterocycles. The summed E-state index contributed by atoms with van der Waals surface area (Å²) >= 11 is 24.9. The lowest BCUT2D eigenvalue weighted by Crippen LogP contribution is -1.96. The van der Waals surface area contributed by atoms with Gasteiger partial charge in [0.05, 0.1) is 21.4 Å². The first kappa shape index (κ1) is 16.4. The Balaban J connectivity index is 2.16. The van der Waals surface area contributed by atoms with Gasteiger partial charge in [-0.25, -0.2) is 0 Å². The van der Waals surface area contributed by atoms with Crippen molar-refractivity contribution in [2.45, 2.75) is 0 Å². The monoisotopic (exact) mass is 382 g/mol. The lowest BCUT2D eigenvalue weighted by Gasteiger charge is -2.12. The summed E-state index contributed by atoms with van der Waals surface area (Å²) in [7, 11) is 0. The molecular formula is C17H10Cl4N2. The summed E-state index contributed by atoms with van der Waals surface area (Å²) in [5.41, 5.74) is 9.14. The fraction of sp³-hybridized carbons (Fsp3) is 0. The summed E-state index contributed by atoms with van der Waals surface area (Å²) in [4.78, 5) is 4.42. The van der Waals surface area contributed by atoms with Crippen molar-refractivity contribution in [2.24, 2.45) is 0 Å². The molecule has 1 aromatic heterocycles. The smallest absolute Gasteiger partial charge is 0.0961 e. The molecule has 0 radical (unpaired) electrons. The molecule has 0 saturated carbocycles. The largest absolute Gasteiger partial charge is 0.397 e. The average molecular weight is 384 g/mol. The molecule has 0 aliphatic rings. The number of nitrogens with two attached hydrogens (primary N) is 1. The normalized spacial score (nSPS) is 10.8. The first-order chi connectivity index (χ1) is 11.0. The Bertz CT molecular complexity index is 853. The number of hydrogen-bond acceptors (Lipinski definition) is 2. The van der Waals surface area contributed by atoms with Crippen LogP contribution in [0.25, 0.3) is 22.4 Å². The molecule has 0 atom stereocenters. The second-order valence-corrected chi connectivity index (χ2v) is 6.48. The first-order valence-corrected chi connectivity index (χ1v) is 8.14. The van der Waals surface area contributed by atoms with E-state index in [1.54, 1.807) is 48.7 Å². The number of hydrogen-bond donors (Lipinski definition) is 1. The van der Waals surface area contributed by atoms with Crippen LogP contribution < -0.4 is 5.73 Å². The maximum atomic E-state index is 6.23. The van der Waals surface area contributed by atoms with Gasteiger partial charge in [0.15, 0.2) is 0 Å². The van der Waals surface area contributed by atoms with Crippen LogP contribution in [0.5, 0.6) is 0 Å². The molecule has 3 rings (SSSR count). The molecule has 2 N–H and O–H groups in total. The summed E-state index contributed by atoms with van der Waals surface area (Å²) in [6.07, 6.45) is 1.65. The van der Waals surface area contributed by atoms with E-state index in [4.69, 9.17) is 52.1 Å². The molecule has 116 valence electrons. The van der Waals surface area contributed by atoms with Gasteiger partial charge in [-0.05, 0) is 30.3 Å². The van der Waals surface area contributed by atoms with Crippen molar-refractivity contribution in [3.63, 3.8) is 0 Å². The Morgan fingerprint density at radius 2 is 1.22 bits per heavy atom. The number of rotatable bonds is 2. The van der Waals surface area contributed by atoms with Gasteiger partial charge in [-0.3, -0.25) is 4.98 Å². The number of benzene rings is 2. The van der Waals surface area contributed by atoms with E-state index < -0.39 is 0 Å². The molecule has 0 spiro atoms. The molecule has 6 heteroatoms. The minimum absolute atomic E-state index is 0.438. The van der Waals surface area contributed by atoms with Gasteiger partial charge in [0, 0.05) is 32.9 Å². The van der Waals surface area contributed by atoms with Crippen molar-refractivity contribution in [1.29, 1.82) is 0 Å². The van der Waals surface area contributed by atoms with Crippen LogP contribution in [-0.4, -0.2) is 4.98 Å². The second kappa shape index (κ2) is 6.58. The summed E-state index contributed by atoms with van der Waals surface area (Å²) in [6, 6.07) is 12.3. The van der Waals surface area contributed by atoms with E-state index in [9.17, 15) is 0 Å². The standard InChI is InChI=1S/C17H10Cl4N2/c18-10-3-1-4-11(19)15(10)9-7-14(22)17(23-8-9)16-12(20)5-2-6-13(16)21/h1-8H,22H2. The SMILES string of the molecule is Nc1cc(-c2c(Cl)cccc2Cl)cnc1-c1c(Cl)cccc1Cl. The van der Waals surface area contributed by atoms with Gasteiger partial charge in [0.2, 0.25) is 0 Å². The van der Waals surface area contributed by atoms with E-state index >= 15 is 0 Å². The van der Waals surface area contributed by atoms with Crippen molar-refractivity contribution < 1.29 is 0 Å². The molecule has 2 nitrogen and oxygen atoms in total. The third kappa shape index (κ3) is 3.13. The van der Waals surface area contributed by atoms with Crippen LogP contribution in [0.1, 0.15) is 0 Å². The van der Waals surface area contributed by atoms with Crippen molar-refractivity contribution in [1.82, 2.24) is 4.98 Å². The lowest BCUT2D eigenvalue weighted by molar-refractivity contribution is 1.33. The van der Waals surface area contributed by atoms with E-state index in [-0.39, 0.29) is 0 Å². The minimum atomic E-state index is 0.438. The Morgan fingerprint density at radius 3 is 1.70 bits per heavy atom. The summed E-state index contributed by atoms with van der Waals surface area (Å²) in [6.45, 7) is 0. The second-order valence-electron chi connectivity index (χ2n) is 4.86. The highest BCUT2D eigenvalue weighted by molar-refractivity contribution is 6.40. The van der Waals surface area contributed by atoms with E-state index in [1.165, 1.54) is 0 Å². The Labute approximate surface area is 153 Å². The maximum Gasteiger partial charge on any atom is 0.0961 e. The maximum absolute atomic E-state index is 6.23. The number of pyridine rings is 1. The van der Waals surface area contributed by atoms with Crippen LogP contribution in [0.15, 0.2) is 48.7 Å². The van der Waals surface area contributed by atoms with Crippen molar-refractivity contribution in [3.8, 4) is 22.4 Å². The van der Waals surface area contributed by atoms with Crippen LogP contribution in [0, 0.1) is 0 Å². The molecule has 0 aliphatic carbocycles. The predicted octanol–water partition coefficient (Wildman–Crippen LogP) is 6.61. The highest BCUT2D eigenvalue weighted by Crippen LogP contribution is 2.40. The summed E-state index contributed by atoms with van der Waals surface area (Å²) in [5, 5.41) is 2.03. The van der Waals surface area contributed by atoms with Crippen molar-refractivity contribution in [3.05, 3.63) is 68.8 Å². The lowest BCUT2D eigenvalue weighted by atomic mass is 10.0. The predicted molar refractivity (Wildman–Crippen MR) is 99.6 cm³/mol. The number of nitrogens with zero attached hydrogens (tertiary/aromatic N) is 1. The molecular weight excluding hydrogens is 374 g/mol. The van der Waals surface area contributed by atoms with Crippen LogP contribution >= 0.6 is 46.4 Å². The summed E-state index contributed by atoms with van der Waals surface area (Å²) in [5.74, 6) is 0. The Kier molecular flexibility index (Phi) is 4.69. The van der Waals surface area contributed by atoms with Gasteiger partial charge in [-0.2, -0.15) is 0 Å². The Hall–Kier alpha value is -1.45. The molecule has 23 heavy (non-hydrogen) atoms. The average Bonchev–Trinajstić information content (AvgIpc) is 2.49. The number of anilines is 1. The highest BCUT2D eigenvalue weighted by Gasteiger charge is 2.15. The zero-order valence-electron chi connectivity index (χ0n) is 11.7. The molecule has 0 bridgehead atoms. The third-order valence-electron chi connectivity index (χ3n) is 3.37. The molecule has 2 aromatic carbocycles. The summed E-state index contributed by atoms with van der Waals surface area (Å²) < 4.78 is 0.